The number of hydrazone groups is 1. The smallest absolute Gasteiger partial charge is 0.297 e. The van der Waals surface area contributed by atoms with Gasteiger partial charge in [-0.05, 0) is 18.2 Å². The third kappa shape index (κ3) is 1.75. The first-order valence-corrected chi connectivity index (χ1v) is 5.73. The summed E-state index contributed by atoms with van der Waals surface area (Å²) in [5, 5.41) is 3.63. The first kappa shape index (κ1) is 12.6. The lowest BCUT2D eigenvalue weighted by Crippen LogP contribution is -2.36. The van der Waals surface area contributed by atoms with Crippen molar-refractivity contribution in [2.45, 2.75) is 12.2 Å². The first-order chi connectivity index (χ1) is 9.39. The van der Waals surface area contributed by atoms with Crippen molar-refractivity contribution in [1.82, 2.24) is 5.43 Å². The average molecular weight is 283 g/mol. The summed E-state index contributed by atoms with van der Waals surface area (Å²) in [6, 6.07) is 3.30. The van der Waals surface area contributed by atoms with Crippen LogP contribution in [0.5, 0.6) is 0 Å². The Morgan fingerprint density at radius 3 is 2.60 bits per heavy atom. The number of nitrogens with zero attached hydrogens (tertiary/aromatic N) is 2. The van der Waals surface area contributed by atoms with Gasteiger partial charge in [-0.25, -0.2) is 4.90 Å². The molecule has 20 heavy (non-hydrogen) atoms. The molecule has 0 spiro atoms. The van der Waals surface area contributed by atoms with Crippen LogP contribution in [0, 0.1) is 5.92 Å². The molecule has 2 heterocycles. The lowest BCUT2D eigenvalue weighted by Gasteiger charge is -2.16. The van der Waals surface area contributed by atoms with E-state index in [0.717, 1.165) is 23.1 Å². The lowest BCUT2D eigenvalue weighted by molar-refractivity contribution is -0.137. The van der Waals surface area contributed by atoms with Gasteiger partial charge >= 0.3 is 6.18 Å². The number of carbonyl (C=O) groups is 2. The molecule has 3 rings (SSSR count). The van der Waals surface area contributed by atoms with Gasteiger partial charge in [-0.15, -0.1) is 0 Å². The largest absolute Gasteiger partial charge is 0.416 e. The Morgan fingerprint density at radius 1 is 1.20 bits per heavy atom. The molecule has 1 fully saturated rings. The summed E-state index contributed by atoms with van der Waals surface area (Å²) >= 11 is 0. The fraction of sp³-hybridized carbons (Fsp3) is 0.250. The van der Waals surface area contributed by atoms with Gasteiger partial charge in [-0.1, -0.05) is 6.07 Å². The number of amides is 2. The van der Waals surface area contributed by atoms with Crippen LogP contribution in [-0.4, -0.2) is 24.1 Å². The molecule has 1 aromatic carbocycles. The molecule has 0 saturated carbocycles. The molecule has 2 atom stereocenters. The number of hydrogen-bond acceptors (Lipinski definition) is 4. The second-order valence-corrected chi connectivity index (χ2v) is 4.47. The predicted octanol–water partition coefficient (Wildman–Crippen LogP) is 1.15. The molecule has 2 aliphatic rings. The highest BCUT2D eigenvalue weighted by Gasteiger charge is 2.50. The number of rotatable bonds is 1. The van der Waals surface area contributed by atoms with E-state index in [9.17, 15) is 22.8 Å². The van der Waals surface area contributed by atoms with E-state index < -0.39 is 35.5 Å². The minimum atomic E-state index is -4.53. The van der Waals surface area contributed by atoms with E-state index in [4.69, 9.17) is 0 Å². The third-order valence-corrected chi connectivity index (χ3v) is 3.23. The van der Waals surface area contributed by atoms with Crippen LogP contribution < -0.4 is 10.3 Å². The van der Waals surface area contributed by atoms with Crippen molar-refractivity contribution in [3.8, 4) is 0 Å². The number of nitrogens with one attached hydrogen (secondary N) is 1. The quantitative estimate of drug-likeness (QED) is 0.786. The monoisotopic (exact) mass is 283 g/mol. The third-order valence-electron chi connectivity index (χ3n) is 3.23. The Morgan fingerprint density at radius 2 is 1.95 bits per heavy atom. The van der Waals surface area contributed by atoms with Crippen LogP contribution in [0.4, 0.5) is 18.9 Å². The van der Waals surface area contributed by atoms with Crippen LogP contribution in [0.2, 0.25) is 0 Å². The fourth-order valence-electron chi connectivity index (χ4n) is 2.26. The normalized spacial score (nSPS) is 25.1. The summed E-state index contributed by atoms with van der Waals surface area (Å²) in [5.74, 6) is -1.93. The number of benzene rings is 1. The molecule has 5 nitrogen and oxygen atoms in total. The van der Waals surface area contributed by atoms with Gasteiger partial charge < -0.3 is 0 Å². The van der Waals surface area contributed by atoms with Crippen LogP contribution in [0.3, 0.4) is 0 Å². The Hall–Kier alpha value is -2.38. The molecule has 8 heteroatoms. The van der Waals surface area contributed by atoms with Crippen molar-refractivity contribution in [3.05, 3.63) is 29.8 Å². The zero-order valence-corrected chi connectivity index (χ0v) is 9.89. The highest BCUT2D eigenvalue weighted by atomic mass is 19.4. The molecule has 1 N–H and O–H groups in total. The minimum absolute atomic E-state index is 0.0839. The highest BCUT2D eigenvalue weighted by Crippen LogP contribution is 2.34. The Kier molecular flexibility index (Phi) is 2.56. The van der Waals surface area contributed by atoms with Crippen molar-refractivity contribution in [3.63, 3.8) is 0 Å². The van der Waals surface area contributed by atoms with E-state index >= 15 is 0 Å². The molecular weight excluding hydrogens is 275 g/mol. The van der Waals surface area contributed by atoms with Gasteiger partial charge in [0.05, 0.1) is 11.3 Å². The Labute approximate surface area is 111 Å². The lowest BCUT2D eigenvalue weighted by atomic mass is 10.1. The molecule has 0 bridgehead atoms. The van der Waals surface area contributed by atoms with Crippen molar-refractivity contribution < 1.29 is 22.8 Å². The van der Waals surface area contributed by atoms with Gasteiger partial charge in [-0.2, -0.15) is 18.3 Å². The maximum absolute atomic E-state index is 12.7. The molecule has 2 amide bonds. The molecule has 1 saturated heterocycles. The van der Waals surface area contributed by atoms with E-state index in [1.54, 1.807) is 0 Å². The molecule has 0 aromatic heterocycles. The molecule has 2 unspecified atom stereocenters. The fourth-order valence-corrected chi connectivity index (χ4v) is 2.26. The van der Waals surface area contributed by atoms with Crippen LogP contribution in [-0.2, 0) is 15.8 Å². The standard InChI is InChI=1S/C12H8F3N3O2/c13-12(14,15)6-2-1-3-7(4-6)18-10(19)8-5-16-17-9(8)11(18)20/h1-5,8-9,17H. The number of hydrogen-bond donors (Lipinski definition) is 1. The molecule has 2 aliphatic heterocycles. The van der Waals surface area contributed by atoms with Gasteiger partial charge in [0.25, 0.3) is 5.91 Å². The van der Waals surface area contributed by atoms with E-state index in [1.165, 1.54) is 12.3 Å². The van der Waals surface area contributed by atoms with Crippen LogP contribution in [0.1, 0.15) is 5.56 Å². The van der Waals surface area contributed by atoms with Crippen LogP contribution >= 0.6 is 0 Å². The van der Waals surface area contributed by atoms with Crippen molar-refractivity contribution in [2.75, 3.05) is 4.90 Å². The van der Waals surface area contributed by atoms with E-state index in [-0.39, 0.29) is 5.69 Å². The summed E-state index contributed by atoms with van der Waals surface area (Å²) in [4.78, 5) is 24.9. The summed E-state index contributed by atoms with van der Waals surface area (Å²) in [5.41, 5.74) is 1.49. The molecule has 1 aromatic rings. The highest BCUT2D eigenvalue weighted by molar-refractivity contribution is 6.28. The second-order valence-electron chi connectivity index (χ2n) is 4.47. The number of imide groups is 1. The van der Waals surface area contributed by atoms with Crippen LogP contribution in [0.15, 0.2) is 29.4 Å². The van der Waals surface area contributed by atoms with E-state index in [1.807, 2.05) is 0 Å². The summed E-state index contributed by atoms with van der Waals surface area (Å²) in [6.07, 6.45) is -3.24. The predicted molar refractivity (Wildman–Crippen MR) is 62.8 cm³/mol. The van der Waals surface area contributed by atoms with E-state index in [0.29, 0.717) is 0 Å². The summed E-state index contributed by atoms with van der Waals surface area (Å²) in [7, 11) is 0. The zero-order valence-electron chi connectivity index (χ0n) is 9.89. The van der Waals surface area contributed by atoms with Gasteiger partial charge in [-0.3, -0.25) is 15.0 Å². The Balaban J connectivity index is 2.00. The molecule has 0 radical (unpaired) electrons. The molecule has 0 aliphatic carbocycles. The van der Waals surface area contributed by atoms with Crippen molar-refractivity contribution >= 4 is 23.7 Å². The maximum atomic E-state index is 12.7. The maximum Gasteiger partial charge on any atom is 0.416 e. The van der Waals surface area contributed by atoms with Gasteiger partial charge in [0.15, 0.2) is 0 Å². The number of anilines is 1. The van der Waals surface area contributed by atoms with Gasteiger partial charge in [0.2, 0.25) is 5.91 Å². The number of carbonyl (C=O) groups excluding carboxylic acids is 2. The number of fused-ring (bicyclic) bond motifs is 1. The first-order valence-electron chi connectivity index (χ1n) is 5.73. The summed E-state index contributed by atoms with van der Waals surface area (Å²) < 4.78 is 38.0. The number of alkyl halides is 3. The molecular formula is C12H8F3N3O2. The second kappa shape index (κ2) is 4.06. The van der Waals surface area contributed by atoms with Gasteiger partial charge in [0.1, 0.15) is 12.0 Å². The Bertz CT molecular complexity index is 627. The van der Waals surface area contributed by atoms with Crippen LogP contribution in [0.25, 0.3) is 0 Å². The minimum Gasteiger partial charge on any atom is -0.297 e. The SMILES string of the molecule is O=C1C2C=NNC2C(=O)N1c1cccc(C(F)(F)F)c1. The van der Waals surface area contributed by atoms with E-state index in [2.05, 4.69) is 10.5 Å². The average Bonchev–Trinajstić information content (AvgIpc) is 2.94. The number of halogens is 3. The molecule has 104 valence electrons. The van der Waals surface area contributed by atoms with Crippen molar-refractivity contribution in [2.24, 2.45) is 11.0 Å². The van der Waals surface area contributed by atoms with Crippen molar-refractivity contribution in [1.29, 1.82) is 0 Å². The zero-order chi connectivity index (χ0) is 14.5. The topological polar surface area (TPSA) is 61.8 Å². The van der Waals surface area contributed by atoms with Gasteiger partial charge in [0, 0.05) is 6.21 Å². The summed E-state index contributed by atoms with van der Waals surface area (Å²) in [6.45, 7) is 0.